The van der Waals surface area contributed by atoms with Crippen LogP contribution in [0.4, 0.5) is 5.82 Å². The zero-order valence-corrected chi connectivity index (χ0v) is 15.5. The second-order valence-corrected chi connectivity index (χ2v) is 6.24. The van der Waals surface area contributed by atoms with Gasteiger partial charge in [0.05, 0.1) is 7.11 Å². The maximum Gasteiger partial charge on any atom is 0.270 e. The summed E-state index contributed by atoms with van der Waals surface area (Å²) in [5.74, 6) is 1.12. The number of nitrogens with one attached hydrogen (secondary N) is 2. The Morgan fingerprint density at radius 3 is 2.37 bits per heavy atom. The van der Waals surface area contributed by atoms with Crippen molar-refractivity contribution in [2.75, 3.05) is 12.4 Å². The van der Waals surface area contributed by atoms with Gasteiger partial charge in [0.1, 0.15) is 23.6 Å². The van der Waals surface area contributed by atoms with Gasteiger partial charge in [-0.1, -0.05) is 35.9 Å². The van der Waals surface area contributed by atoms with Crippen LogP contribution >= 0.6 is 11.6 Å². The van der Waals surface area contributed by atoms with Crippen molar-refractivity contribution < 1.29 is 9.53 Å². The van der Waals surface area contributed by atoms with Crippen molar-refractivity contribution in [3.05, 3.63) is 82.8 Å². The van der Waals surface area contributed by atoms with E-state index in [1.54, 1.807) is 25.3 Å². The summed E-state index contributed by atoms with van der Waals surface area (Å²) in [5.41, 5.74) is 2.33. The van der Waals surface area contributed by atoms with Gasteiger partial charge in [-0.15, -0.1) is 0 Å². The molecule has 3 rings (SSSR count). The normalized spacial score (nSPS) is 10.3. The number of aromatic nitrogens is 2. The van der Waals surface area contributed by atoms with E-state index in [0.29, 0.717) is 29.6 Å². The fourth-order valence-corrected chi connectivity index (χ4v) is 2.52. The molecule has 3 aromatic rings. The van der Waals surface area contributed by atoms with Gasteiger partial charge in [-0.3, -0.25) is 4.79 Å². The van der Waals surface area contributed by atoms with Crippen molar-refractivity contribution in [2.24, 2.45) is 0 Å². The highest BCUT2D eigenvalue weighted by atomic mass is 35.5. The highest BCUT2D eigenvalue weighted by Gasteiger charge is 2.08. The molecule has 0 bridgehead atoms. The quantitative estimate of drug-likeness (QED) is 0.651. The van der Waals surface area contributed by atoms with Gasteiger partial charge in [0.25, 0.3) is 5.91 Å². The molecule has 6 nitrogen and oxygen atoms in total. The number of hydrogen-bond acceptors (Lipinski definition) is 5. The lowest BCUT2D eigenvalue weighted by molar-refractivity contribution is 0.0946. The highest BCUT2D eigenvalue weighted by molar-refractivity contribution is 6.30. The molecular formula is C20H19ClN4O2. The summed E-state index contributed by atoms with van der Waals surface area (Å²) in [6.45, 7) is 0.974. The number of halogens is 1. The number of benzene rings is 2. The second kappa shape index (κ2) is 9.00. The molecule has 2 N–H and O–H groups in total. The number of ether oxygens (including phenoxy) is 1. The topological polar surface area (TPSA) is 76.1 Å². The third-order valence-corrected chi connectivity index (χ3v) is 4.15. The van der Waals surface area contributed by atoms with E-state index in [1.165, 1.54) is 6.33 Å². The Morgan fingerprint density at radius 1 is 1.00 bits per heavy atom. The Hall–Kier alpha value is -3.12. The third kappa shape index (κ3) is 5.43. The molecule has 7 heteroatoms. The average Bonchev–Trinajstić information content (AvgIpc) is 2.72. The van der Waals surface area contributed by atoms with E-state index in [1.807, 2.05) is 36.4 Å². The summed E-state index contributed by atoms with van der Waals surface area (Å²) in [5, 5.41) is 6.68. The number of anilines is 1. The lowest BCUT2D eigenvalue weighted by Gasteiger charge is -2.08. The van der Waals surface area contributed by atoms with Gasteiger partial charge in [-0.05, 0) is 35.4 Å². The fraction of sp³-hybridized carbons (Fsp3) is 0.150. The first-order valence-corrected chi connectivity index (χ1v) is 8.73. The predicted octanol–water partition coefficient (Wildman–Crippen LogP) is 3.68. The van der Waals surface area contributed by atoms with Crippen molar-refractivity contribution >= 4 is 23.3 Å². The van der Waals surface area contributed by atoms with Crippen LogP contribution in [0.25, 0.3) is 0 Å². The monoisotopic (exact) mass is 382 g/mol. The summed E-state index contributed by atoms with van der Waals surface area (Å²) in [4.78, 5) is 20.5. The van der Waals surface area contributed by atoms with Gasteiger partial charge in [0.15, 0.2) is 0 Å². The number of carbonyl (C=O) groups excluding carboxylic acids is 1. The first-order valence-electron chi connectivity index (χ1n) is 8.35. The van der Waals surface area contributed by atoms with Crippen molar-refractivity contribution in [3.8, 4) is 5.75 Å². The minimum absolute atomic E-state index is 0.264. The highest BCUT2D eigenvalue weighted by Crippen LogP contribution is 2.13. The van der Waals surface area contributed by atoms with Crippen molar-refractivity contribution in [1.82, 2.24) is 15.3 Å². The number of rotatable bonds is 7. The van der Waals surface area contributed by atoms with Crippen LogP contribution in [-0.2, 0) is 13.1 Å². The first kappa shape index (κ1) is 18.7. The molecule has 27 heavy (non-hydrogen) atoms. The Labute approximate surface area is 162 Å². The van der Waals surface area contributed by atoms with Crippen molar-refractivity contribution in [2.45, 2.75) is 13.1 Å². The molecule has 0 aliphatic heterocycles. The molecule has 1 heterocycles. The summed E-state index contributed by atoms with van der Waals surface area (Å²) >= 11 is 5.86. The molecule has 0 unspecified atom stereocenters. The van der Waals surface area contributed by atoms with Crippen LogP contribution in [0.1, 0.15) is 21.6 Å². The van der Waals surface area contributed by atoms with E-state index in [2.05, 4.69) is 20.6 Å². The molecule has 0 aliphatic carbocycles. The van der Waals surface area contributed by atoms with Gasteiger partial charge in [0.2, 0.25) is 0 Å². The maximum absolute atomic E-state index is 12.3. The summed E-state index contributed by atoms with van der Waals surface area (Å²) in [6, 6.07) is 16.7. The minimum atomic E-state index is -0.264. The van der Waals surface area contributed by atoms with Crippen LogP contribution in [0.5, 0.6) is 5.75 Å². The molecule has 0 atom stereocenters. The largest absolute Gasteiger partial charge is 0.497 e. The van der Waals surface area contributed by atoms with Gasteiger partial charge in [-0.2, -0.15) is 0 Å². The van der Waals surface area contributed by atoms with Crippen LogP contribution in [0.15, 0.2) is 60.9 Å². The Bertz CT molecular complexity index is 899. The lowest BCUT2D eigenvalue weighted by Crippen LogP contribution is -2.24. The van der Waals surface area contributed by atoms with Gasteiger partial charge in [0, 0.05) is 24.2 Å². The minimum Gasteiger partial charge on any atom is -0.497 e. The van der Waals surface area contributed by atoms with Gasteiger partial charge >= 0.3 is 0 Å². The summed E-state index contributed by atoms with van der Waals surface area (Å²) in [6.07, 6.45) is 1.37. The Balaban J connectivity index is 1.56. The predicted molar refractivity (Wildman–Crippen MR) is 105 cm³/mol. The molecule has 0 saturated carbocycles. The average molecular weight is 383 g/mol. The number of carbonyl (C=O) groups is 1. The Kier molecular flexibility index (Phi) is 6.22. The lowest BCUT2D eigenvalue weighted by atomic mass is 10.2. The smallest absolute Gasteiger partial charge is 0.270 e. The number of nitrogens with zero attached hydrogens (tertiary/aromatic N) is 2. The van der Waals surface area contributed by atoms with Crippen LogP contribution in [-0.4, -0.2) is 23.0 Å². The van der Waals surface area contributed by atoms with Crippen molar-refractivity contribution in [3.63, 3.8) is 0 Å². The summed E-state index contributed by atoms with van der Waals surface area (Å²) in [7, 11) is 1.63. The SMILES string of the molecule is COc1ccc(CNc2cc(C(=O)NCc3ccc(Cl)cc3)ncn2)cc1. The molecule has 0 spiro atoms. The van der Waals surface area contributed by atoms with Crippen LogP contribution in [0.2, 0.25) is 5.02 Å². The molecule has 0 saturated heterocycles. The van der Waals surface area contributed by atoms with E-state index in [9.17, 15) is 4.79 Å². The van der Waals surface area contributed by atoms with E-state index < -0.39 is 0 Å². The molecular weight excluding hydrogens is 364 g/mol. The number of amides is 1. The molecule has 138 valence electrons. The fourth-order valence-electron chi connectivity index (χ4n) is 2.39. The molecule has 0 aliphatic rings. The standard InChI is InChI=1S/C20H19ClN4O2/c1-27-17-8-4-15(5-9-17)11-22-19-10-18(24-13-25-19)20(26)23-12-14-2-6-16(21)7-3-14/h2-10,13H,11-12H2,1H3,(H,23,26)(H,22,24,25). The van der Waals surface area contributed by atoms with Crippen molar-refractivity contribution in [1.29, 1.82) is 0 Å². The number of hydrogen-bond donors (Lipinski definition) is 2. The van der Waals surface area contributed by atoms with Crippen LogP contribution < -0.4 is 15.4 Å². The maximum atomic E-state index is 12.3. The number of methoxy groups -OCH3 is 1. The zero-order valence-electron chi connectivity index (χ0n) is 14.8. The third-order valence-electron chi connectivity index (χ3n) is 3.90. The van der Waals surface area contributed by atoms with E-state index in [4.69, 9.17) is 16.3 Å². The van der Waals surface area contributed by atoms with Crippen LogP contribution in [0, 0.1) is 0 Å². The molecule has 0 radical (unpaired) electrons. The zero-order chi connectivity index (χ0) is 19.1. The molecule has 1 aromatic heterocycles. The van der Waals surface area contributed by atoms with Crippen LogP contribution in [0.3, 0.4) is 0 Å². The van der Waals surface area contributed by atoms with E-state index in [-0.39, 0.29) is 5.91 Å². The summed E-state index contributed by atoms with van der Waals surface area (Å²) < 4.78 is 5.14. The van der Waals surface area contributed by atoms with Gasteiger partial charge < -0.3 is 15.4 Å². The molecule has 1 amide bonds. The Morgan fingerprint density at radius 2 is 1.67 bits per heavy atom. The first-order chi connectivity index (χ1) is 13.1. The van der Waals surface area contributed by atoms with Gasteiger partial charge in [-0.25, -0.2) is 9.97 Å². The second-order valence-electron chi connectivity index (χ2n) is 5.80. The van der Waals surface area contributed by atoms with E-state index in [0.717, 1.165) is 16.9 Å². The van der Waals surface area contributed by atoms with E-state index >= 15 is 0 Å². The molecule has 0 fully saturated rings. The molecule has 2 aromatic carbocycles.